The van der Waals surface area contributed by atoms with Crippen molar-refractivity contribution >= 4 is 22.9 Å². The summed E-state index contributed by atoms with van der Waals surface area (Å²) in [6.07, 6.45) is 0. The van der Waals surface area contributed by atoms with Crippen LogP contribution in [0.4, 0.5) is 4.79 Å². The molecule has 1 aliphatic heterocycles. The standard InChI is InChI=1S/C4H5NO2S.C2H6/c1-5-3(6)2-8-4(5)7;1-2/h2H2,1H3;1-2H3. The number of nitrogens with zero attached hydrogens (tertiary/aromatic N) is 1. The smallest absolute Gasteiger partial charge is 0.276 e. The van der Waals surface area contributed by atoms with Gasteiger partial charge in [0.25, 0.3) is 5.24 Å². The van der Waals surface area contributed by atoms with Crippen molar-refractivity contribution in [3.05, 3.63) is 0 Å². The molecular weight excluding hydrogens is 150 g/mol. The van der Waals surface area contributed by atoms with E-state index in [0.29, 0.717) is 5.75 Å². The van der Waals surface area contributed by atoms with E-state index in [1.54, 1.807) is 0 Å². The molecule has 0 aliphatic carbocycles. The van der Waals surface area contributed by atoms with E-state index in [1.807, 2.05) is 13.8 Å². The Balaban J connectivity index is 0.000000371. The highest BCUT2D eigenvalue weighted by Gasteiger charge is 2.25. The number of thioether (sulfide) groups is 1. The molecule has 1 heterocycles. The molecule has 3 nitrogen and oxygen atoms in total. The van der Waals surface area contributed by atoms with E-state index in [1.165, 1.54) is 7.05 Å². The maximum atomic E-state index is 10.5. The van der Waals surface area contributed by atoms with Crippen LogP contribution in [0.5, 0.6) is 0 Å². The van der Waals surface area contributed by atoms with E-state index in [9.17, 15) is 9.59 Å². The third kappa shape index (κ3) is 2.02. The van der Waals surface area contributed by atoms with Crippen LogP contribution >= 0.6 is 11.8 Å². The second-order valence-corrected chi connectivity index (χ2v) is 2.43. The largest absolute Gasteiger partial charge is 0.288 e. The first-order valence-electron chi connectivity index (χ1n) is 3.15. The Hall–Kier alpha value is -0.510. The molecule has 0 saturated carbocycles. The van der Waals surface area contributed by atoms with Crippen molar-refractivity contribution in [2.24, 2.45) is 0 Å². The number of amides is 2. The molecule has 0 N–H and O–H groups in total. The summed E-state index contributed by atoms with van der Waals surface area (Å²) in [7, 11) is 1.49. The molecule has 0 aromatic carbocycles. The van der Waals surface area contributed by atoms with Crippen LogP contribution in [0.2, 0.25) is 0 Å². The first kappa shape index (κ1) is 9.49. The molecule has 58 valence electrons. The monoisotopic (exact) mass is 161 g/mol. The van der Waals surface area contributed by atoms with Gasteiger partial charge in [0.1, 0.15) is 0 Å². The topological polar surface area (TPSA) is 37.4 Å². The predicted octanol–water partition coefficient (Wildman–Crippen LogP) is 1.34. The van der Waals surface area contributed by atoms with Gasteiger partial charge in [-0.15, -0.1) is 0 Å². The average molecular weight is 161 g/mol. The lowest BCUT2D eigenvalue weighted by molar-refractivity contribution is -0.123. The highest BCUT2D eigenvalue weighted by molar-refractivity contribution is 8.14. The quantitative estimate of drug-likeness (QED) is 0.538. The minimum absolute atomic E-state index is 0.0972. The molecule has 0 spiro atoms. The molecule has 1 rings (SSSR count). The fourth-order valence-corrected chi connectivity index (χ4v) is 1.16. The molecule has 0 radical (unpaired) electrons. The Morgan fingerprint density at radius 2 is 1.90 bits per heavy atom. The number of carbonyl (C=O) groups excluding carboxylic acids is 2. The van der Waals surface area contributed by atoms with Gasteiger partial charge in [-0.3, -0.25) is 14.5 Å². The van der Waals surface area contributed by atoms with Crippen LogP contribution in [0.15, 0.2) is 0 Å². The molecule has 0 aromatic rings. The van der Waals surface area contributed by atoms with E-state index in [0.717, 1.165) is 16.7 Å². The summed E-state index contributed by atoms with van der Waals surface area (Å²) in [5, 5.41) is -0.144. The molecule has 10 heavy (non-hydrogen) atoms. The van der Waals surface area contributed by atoms with Crippen LogP contribution in [0.25, 0.3) is 0 Å². The Morgan fingerprint density at radius 3 is 2.00 bits per heavy atom. The molecule has 0 unspecified atom stereocenters. The van der Waals surface area contributed by atoms with Crippen molar-refractivity contribution in [3.63, 3.8) is 0 Å². The van der Waals surface area contributed by atoms with Gasteiger partial charge in [-0.1, -0.05) is 25.6 Å². The molecule has 1 saturated heterocycles. The first-order chi connectivity index (χ1) is 4.72. The molecule has 0 bridgehead atoms. The van der Waals surface area contributed by atoms with Crippen molar-refractivity contribution in [2.45, 2.75) is 13.8 Å². The second-order valence-electron chi connectivity index (χ2n) is 1.51. The van der Waals surface area contributed by atoms with Gasteiger partial charge >= 0.3 is 0 Å². The molecule has 0 atom stereocenters. The van der Waals surface area contributed by atoms with Crippen LogP contribution in [-0.2, 0) is 4.79 Å². The van der Waals surface area contributed by atoms with E-state index in [2.05, 4.69) is 0 Å². The van der Waals surface area contributed by atoms with Crippen LogP contribution in [0.1, 0.15) is 13.8 Å². The molecule has 1 fully saturated rings. The van der Waals surface area contributed by atoms with E-state index < -0.39 is 0 Å². The summed E-state index contributed by atoms with van der Waals surface area (Å²) < 4.78 is 0. The molecule has 0 aromatic heterocycles. The van der Waals surface area contributed by atoms with Crippen LogP contribution in [-0.4, -0.2) is 28.8 Å². The maximum absolute atomic E-state index is 10.5. The summed E-state index contributed by atoms with van der Waals surface area (Å²) in [6.45, 7) is 4.00. The maximum Gasteiger partial charge on any atom is 0.288 e. The summed E-state index contributed by atoms with van der Waals surface area (Å²) >= 11 is 1.05. The van der Waals surface area contributed by atoms with Gasteiger partial charge in [-0.2, -0.15) is 0 Å². The van der Waals surface area contributed by atoms with Gasteiger partial charge in [-0.05, 0) is 0 Å². The highest BCUT2D eigenvalue weighted by Crippen LogP contribution is 2.15. The lowest BCUT2D eigenvalue weighted by Crippen LogP contribution is -2.22. The number of imide groups is 1. The summed E-state index contributed by atoms with van der Waals surface area (Å²) in [6, 6.07) is 0. The van der Waals surface area contributed by atoms with Crippen LogP contribution < -0.4 is 0 Å². The SMILES string of the molecule is CC.CN1C(=O)CSC1=O. The third-order valence-electron chi connectivity index (χ3n) is 0.967. The molecule has 1 aliphatic rings. The van der Waals surface area contributed by atoms with Gasteiger partial charge < -0.3 is 0 Å². The van der Waals surface area contributed by atoms with Crippen molar-refractivity contribution < 1.29 is 9.59 Å². The fraction of sp³-hybridized carbons (Fsp3) is 0.667. The number of hydrogen-bond donors (Lipinski definition) is 0. The Labute approximate surface area is 64.8 Å². The minimum atomic E-state index is -0.144. The second kappa shape index (κ2) is 4.33. The Kier molecular flexibility index (Phi) is 4.11. The highest BCUT2D eigenvalue weighted by atomic mass is 32.2. The third-order valence-corrected chi connectivity index (χ3v) is 1.88. The Bertz CT molecular complexity index is 131. The van der Waals surface area contributed by atoms with Crippen molar-refractivity contribution in [3.8, 4) is 0 Å². The van der Waals surface area contributed by atoms with E-state index in [4.69, 9.17) is 0 Å². The van der Waals surface area contributed by atoms with E-state index >= 15 is 0 Å². The van der Waals surface area contributed by atoms with Gasteiger partial charge in [0.2, 0.25) is 5.91 Å². The summed E-state index contributed by atoms with van der Waals surface area (Å²) in [5.41, 5.74) is 0. The summed E-state index contributed by atoms with van der Waals surface area (Å²) in [5.74, 6) is 0.218. The van der Waals surface area contributed by atoms with Crippen LogP contribution in [0.3, 0.4) is 0 Å². The Morgan fingerprint density at radius 1 is 1.40 bits per heavy atom. The van der Waals surface area contributed by atoms with Crippen LogP contribution in [0, 0.1) is 0 Å². The van der Waals surface area contributed by atoms with Gasteiger partial charge in [-0.25, -0.2) is 0 Å². The molecule has 4 heteroatoms. The molecule has 2 amide bonds. The number of carbonyl (C=O) groups is 2. The first-order valence-corrected chi connectivity index (χ1v) is 4.13. The summed E-state index contributed by atoms with van der Waals surface area (Å²) in [4.78, 5) is 22.1. The van der Waals surface area contributed by atoms with E-state index in [-0.39, 0.29) is 11.1 Å². The number of hydrogen-bond acceptors (Lipinski definition) is 3. The number of rotatable bonds is 0. The van der Waals surface area contributed by atoms with Crippen molar-refractivity contribution in [2.75, 3.05) is 12.8 Å². The van der Waals surface area contributed by atoms with Gasteiger partial charge in [0.15, 0.2) is 0 Å². The lowest BCUT2D eigenvalue weighted by atomic mass is 10.6. The molecular formula is C6H11NO2S. The normalized spacial score (nSPS) is 16.9. The zero-order chi connectivity index (χ0) is 8.15. The zero-order valence-electron chi connectivity index (χ0n) is 6.38. The average Bonchev–Trinajstić information content (AvgIpc) is 2.25. The predicted molar refractivity (Wildman–Crippen MR) is 42.0 cm³/mol. The van der Waals surface area contributed by atoms with Crippen molar-refractivity contribution in [1.82, 2.24) is 4.90 Å². The zero-order valence-corrected chi connectivity index (χ0v) is 7.20. The van der Waals surface area contributed by atoms with Gasteiger partial charge in [0.05, 0.1) is 5.75 Å². The van der Waals surface area contributed by atoms with Crippen molar-refractivity contribution in [1.29, 1.82) is 0 Å². The lowest BCUT2D eigenvalue weighted by Gasteiger charge is -1.99. The fourth-order valence-electron chi connectivity index (χ4n) is 0.419. The minimum Gasteiger partial charge on any atom is -0.276 e. The van der Waals surface area contributed by atoms with Gasteiger partial charge in [0, 0.05) is 7.05 Å².